The number of carbonyl (C=O) groups excluding carboxylic acids is 1. The van der Waals surface area contributed by atoms with Crippen LogP contribution in [0.4, 0.5) is 8.78 Å². The van der Waals surface area contributed by atoms with Crippen molar-refractivity contribution in [2.24, 2.45) is 4.99 Å². The zero-order chi connectivity index (χ0) is 13.8. The predicted molar refractivity (Wildman–Crippen MR) is 67.3 cm³/mol. The van der Waals surface area contributed by atoms with Crippen LogP contribution in [-0.2, 0) is 14.3 Å². The predicted octanol–water partition coefficient (Wildman–Crippen LogP) is 1.38. The summed E-state index contributed by atoms with van der Waals surface area (Å²) < 4.78 is 34.8. The molecule has 0 radical (unpaired) electrons. The van der Waals surface area contributed by atoms with E-state index in [1.54, 1.807) is 0 Å². The van der Waals surface area contributed by atoms with Crippen LogP contribution in [0.1, 0.15) is 19.8 Å². The normalized spacial score (nSPS) is 32.2. The van der Waals surface area contributed by atoms with Crippen LogP contribution in [0.2, 0.25) is 0 Å². The van der Waals surface area contributed by atoms with Gasteiger partial charge in [-0.2, -0.15) is 0 Å². The number of nitrogens with zero attached hydrogens (tertiary/aromatic N) is 1. The van der Waals surface area contributed by atoms with Gasteiger partial charge in [0.05, 0.1) is 12.1 Å². The number of amidine groups is 1. The third-order valence-electron chi connectivity index (χ3n) is 2.84. The van der Waals surface area contributed by atoms with Crippen molar-refractivity contribution < 1.29 is 23.0 Å². The molecule has 2 rings (SSSR count). The van der Waals surface area contributed by atoms with Crippen LogP contribution in [0.5, 0.6) is 0 Å². The van der Waals surface area contributed by atoms with E-state index in [4.69, 9.17) is 9.47 Å². The summed E-state index contributed by atoms with van der Waals surface area (Å²) in [6, 6.07) is 0.0926. The zero-order valence-electron chi connectivity index (χ0n) is 10.5. The lowest BCUT2D eigenvalue weighted by atomic mass is 10.1. The van der Waals surface area contributed by atoms with Crippen molar-refractivity contribution in [3.8, 4) is 0 Å². The van der Waals surface area contributed by atoms with Gasteiger partial charge in [0.2, 0.25) is 0 Å². The minimum Gasteiger partial charge on any atom is -0.463 e. The van der Waals surface area contributed by atoms with Crippen molar-refractivity contribution in [2.45, 2.75) is 43.8 Å². The average Bonchev–Trinajstić information content (AvgIpc) is 2.75. The first-order valence-corrected chi connectivity index (χ1v) is 6.97. The molecule has 0 aromatic heterocycles. The second-order valence-electron chi connectivity index (χ2n) is 4.41. The van der Waals surface area contributed by atoms with E-state index in [0.29, 0.717) is 5.17 Å². The number of aliphatic imine (C=N–C) groups is 1. The molecule has 1 N–H and O–H groups in total. The smallest absolute Gasteiger partial charge is 0.302 e. The summed E-state index contributed by atoms with van der Waals surface area (Å²) in [5.74, 6) is -0.331. The molecule has 0 aromatic rings. The summed E-state index contributed by atoms with van der Waals surface area (Å²) in [6.07, 6.45) is -0.953. The van der Waals surface area contributed by atoms with Crippen LogP contribution in [0.3, 0.4) is 0 Å². The van der Waals surface area contributed by atoms with E-state index in [-0.39, 0.29) is 30.2 Å². The molecule has 0 spiro atoms. The Morgan fingerprint density at radius 2 is 2.42 bits per heavy atom. The van der Waals surface area contributed by atoms with E-state index < -0.39 is 13.0 Å². The molecule has 108 valence electrons. The van der Waals surface area contributed by atoms with E-state index in [0.717, 1.165) is 12.8 Å². The molecule has 3 atom stereocenters. The Bertz CT molecular complexity index is 368. The Labute approximate surface area is 114 Å². The van der Waals surface area contributed by atoms with Crippen LogP contribution in [-0.4, -0.2) is 48.3 Å². The molecule has 5 nitrogen and oxygen atoms in total. The van der Waals surface area contributed by atoms with Gasteiger partial charge in [0.15, 0.2) is 5.17 Å². The van der Waals surface area contributed by atoms with Crippen molar-refractivity contribution in [1.82, 2.24) is 5.32 Å². The van der Waals surface area contributed by atoms with Crippen LogP contribution in [0.25, 0.3) is 0 Å². The lowest BCUT2D eigenvalue weighted by Crippen LogP contribution is -2.41. The number of nitrogens with one attached hydrogen (secondary N) is 1. The minimum atomic E-state index is -2.44. The van der Waals surface area contributed by atoms with Crippen molar-refractivity contribution in [1.29, 1.82) is 0 Å². The molecular weight excluding hydrogens is 278 g/mol. The van der Waals surface area contributed by atoms with Gasteiger partial charge in [0.25, 0.3) is 6.43 Å². The van der Waals surface area contributed by atoms with Crippen molar-refractivity contribution in [3.63, 3.8) is 0 Å². The quantitative estimate of drug-likeness (QED) is 0.794. The van der Waals surface area contributed by atoms with Gasteiger partial charge in [-0.3, -0.25) is 9.79 Å². The SMILES string of the molecule is CC(=O)OC[C@H]1CC[C@H]2NC(=NCC(F)F)S[C@H]2O1. The Morgan fingerprint density at radius 3 is 3.11 bits per heavy atom. The number of ether oxygens (including phenoxy) is 2. The second-order valence-corrected chi connectivity index (χ2v) is 5.50. The summed E-state index contributed by atoms with van der Waals surface area (Å²) in [4.78, 5) is 14.5. The third-order valence-corrected chi connectivity index (χ3v) is 3.98. The Morgan fingerprint density at radius 1 is 1.63 bits per heavy atom. The highest BCUT2D eigenvalue weighted by Crippen LogP contribution is 2.33. The molecule has 19 heavy (non-hydrogen) atoms. The first-order valence-electron chi connectivity index (χ1n) is 6.09. The maximum atomic E-state index is 12.1. The fourth-order valence-corrected chi connectivity index (χ4v) is 3.14. The van der Waals surface area contributed by atoms with Crippen LogP contribution >= 0.6 is 11.8 Å². The highest BCUT2D eigenvalue weighted by Gasteiger charge is 2.38. The summed E-state index contributed by atoms with van der Waals surface area (Å²) in [7, 11) is 0. The highest BCUT2D eigenvalue weighted by atomic mass is 32.2. The highest BCUT2D eigenvalue weighted by molar-refractivity contribution is 8.14. The second kappa shape index (κ2) is 6.51. The molecule has 0 bridgehead atoms. The standard InChI is InChI=1S/C11H16F2N2O3S/c1-6(16)17-5-7-2-3-8-10(18-7)19-11(15-8)14-4-9(12)13/h7-10H,2-5H2,1H3,(H,14,15)/t7-,8-,10-/m1/s1. The molecule has 0 unspecified atom stereocenters. The zero-order valence-corrected chi connectivity index (χ0v) is 11.3. The van der Waals surface area contributed by atoms with E-state index >= 15 is 0 Å². The van der Waals surface area contributed by atoms with E-state index in [1.165, 1.54) is 18.7 Å². The van der Waals surface area contributed by atoms with Gasteiger partial charge in [-0.1, -0.05) is 11.8 Å². The molecule has 2 fully saturated rings. The van der Waals surface area contributed by atoms with E-state index in [9.17, 15) is 13.6 Å². The fraction of sp³-hybridized carbons (Fsp3) is 0.818. The summed E-state index contributed by atoms with van der Waals surface area (Å²) in [6.45, 7) is 1.10. The van der Waals surface area contributed by atoms with Gasteiger partial charge in [-0.25, -0.2) is 8.78 Å². The average molecular weight is 294 g/mol. The molecule has 0 saturated carbocycles. The number of alkyl halides is 2. The maximum absolute atomic E-state index is 12.1. The fourth-order valence-electron chi connectivity index (χ4n) is 1.97. The Balaban J connectivity index is 1.81. The van der Waals surface area contributed by atoms with Crippen LogP contribution in [0, 0.1) is 0 Å². The molecule has 8 heteroatoms. The summed E-state index contributed by atoms with van der Waals surface area (Å²) in [5.41, 5.74) is -0.147. The van der Waals surface area contributed by atoms with Crippen molar-refractivity contribution in [2.75, 3.05) is 13.2 Å². The maximum Gasteiger partial charge on any atom is 0.302 e. The molecule has 2 aliphatic rings. The Hall–Kier alpha value is -0.890. The van der Waals surface area contributed by atoms with Gasteiger partial charge < -0.3 is 14.8 Å². The first kappa shape index (κ1) is 14.5. The van der Waals surface area contributed by atoms with Crippen molar-refractivity contribution >= 4 is 22.9 Å². The summed E-state index contributed by atoms with van der Waals surface area (Å²) in [5, 5.41) is 3.58. The van der Waals surface area contributed by atoms with Gasteiger partial charge >= 0.3 is 5.97 Å². The number of esters is 1. The molecule has 0 aromatic carbocycles. The van der Waals surface area contributed by atoms with Gasteiger partial charge in [0.1, 0.15) is 18.6 Å². The molecule has 2 aliphatic heterocycles. The molecule has 0 aliphatic carbocycles. The van der Waals surface area contributed by atoms with E-state index in [1.807, 2.05) is 0 Å². The number of hydrogen-bond acceptors (Lipinski definition) is 5. The number of hydrogen-bond donors (Lipinski definition) is 1. The number of fused-ring (bicyclic) bond motifs is 1. The first-order chi connectivity index (χ1) is 9.04. The Kier molecular flexibility index (Phi) is 4.98. The minimum absolute atomic E-state index is 0.0926. The van der Waals surface area contributed by atoms with Crippen LogP contribution in [0.15, 0.2) is 4.99 Å². The molecular formula is C11H16F2N2O3S. The molecule has 2 heterocycles. The van der Waals surface area contributed by atoms with Gasteiger partial charge in [-0.15, -0.1) is 0 Å². The number of halogens is 2. The largest absolute Gasteiger partial charge is 0.463 e. The number of thioether (sulfide) groups is 1. The molecule has 2 saturated heterocycles. The van der Waals surface area contributed by atoms with Gasteiger partial charge in [-0.05, 0) is 12.8 Å². The third kappa shape index (κ3) is 4.31. The van der Waals surface area contributed by atoms with Crippen LogP contribution < -0.4 is 5.32 Å². The number of carbonyl (C=O) groups is 1. The van der Waals surface area contributed by atoms with Gasteiger partial charge in [0, 0.05) is 6.92 Å². The topological polar surface area (TPSA) is 59.9 Å². The lowest BCUT2D eigenvalue weighted by molar-refractivity contribution is -0.147. The number of rotatable bonds is 4. The lowest BCUT2D eigenvalue weighted by Gasteiger charge is -2.30. The summed E-state index contributed by atoms with van der Waals surface area (Å²) >= 11 is 1.32. The van der Waals surface area contributed by atoms with Crippen molar-refractivity contribution in [3.05, 3.63) is 0 Å². The molecule has 0 amide bonds. The monoisotopic (exact) mass is 294 g/mol. The van der Waals surface area contributed by atoms with E-state index in [2.05, 4.69) is 10.3 Å².